The van der Waals surface area contributed by atoms with Crippen LogP contribution in [0.25, 0.3) is 0 Å². The number of anilines is 1. The predicted molar refractivity (Wildman–Crippen MR) is 110 cm³/mol. The fourth-order valence-electron chi connectivity index (χ4n) is 4.70. The minimum atomic E-state index is -0.556. The summed E-state index contributed by atoms with van der Waals surface area (Å²) in [4.78, 5) is 33.1. The lowest BCUT2D eigenvalue weighted by molar-refractivity contribution is -0.131. The maximum Gasteiger partial charge on any atom is 0.295 e. The van der Waals surface area contributed by atoms with E-state index in [9.17, 15) is 9.59 Å². The molecule has 1 aliphatic carbocycles. The standard InChI is InChI=1S/C23H21ClN2O3/c1-13-5-4-8-18(25-13)26-20(14-9-11-15(24)12-10-14)19-21(27)16-6-2-3-7-17(16)29-22(19)23(26)28/h4-5,8-12,16-17,20H,2-3,6-7H2,1H3. The van der Waals surface area contributed by atoms with E-state index in [-0.39, 0.29) is 29.5 Å². The van der Waals surface area contributed by atoms with Gasteiger partial charge in [-0.25, -0.2) is 4.98 Å². The molecule has 1 fully saturated rings. The second-order valence-electron chi connectivity index (χ2n) is 7.92. The van der Waals surface area contributed by atoms with Crippen LogP contribution >= 0.6 is 11.6 Å². The van der Waals surface area contributed by atoms with Crippen LogP contribution in [0, 0.1) is 12.8 Å². The SMILES string of the molecule is Cc1cccc(N2C(=O)C3=C(C(=O)C4CCCCC4O3)C2c2ccc(Cl)cc2)n1. The zero-order valence-electron chi connectivity index (χ0n) is 16.1. The van der Waals surface area contributed by atoms with Gasteiger partial charge in [0.2, 0.25) is 0 Å². The first-order valence-corrected chi connectivity index (χ1v) is 10.4. The van der Waals surface area contributed by atoms with Crippen molar-refractivity contribution in [2.24, 2.45) is 5.92 Å². The van der Waals surface area contributed by atoms with Gasteiger partial charge in [0.1, 0.15) is 11.9 Å². The minimum absolute atomic E-state index is 0.0411. The first-order chi connectivity index (χ1) is 14.0. The van der Waals surface area contributed by atoms with Crippen LogP contribution in [0.4, 0.5) is 5.82 Å². The van der Waals surface area contributed by atoms with E-state index in [4.69, 9.17) is 16.3 Å². The Morgan fingerprint density at radius 2 is 1.83 bits per heavy atom. The molecule has 5 nitrogen and oxygen atoms in total. The van der Waals surface area contributed by atoms with Gasteiger partial charge in [-0.1, -0.05) is 36.2 Å². The van der Waals surface area contributed by atoms with E-state index in [2.05, 4.69) is 4.98 Å². The highest BCUT2D eigenvalue weighted by molar-refractivity contribution is 6.30. The molecule has 1 amide bonds. The lowest BCUT2D eigenvalue weighted by Gasteiger charge is -2.35. The van der Waals surface area contributed by atoms with Gasteiger partial charge in [0.25, 0.3) is 5.91 Å². The van der Waals surface area contributed by atoms with Gasteiger partial charge in [-0.15, -0.1) is 0 Å². The molecule has 3 atom stereocenters. The molecule has 0 N–H and O–H groups in total. The van der Waals surface area contributed by atoms with Crippen LogP contribution in [0.1, 0.15) is 43.0 Å². The predicted octanol–water partition coefficient (Wildman–Crippen LogP) is 4.54. The van der Waals surface area contributed by atoms with Crippen molar-refractivity contribution < 1.29 is 14.3 Å². The van der Waals surface area contributed by atoms with Gasteiger partial charge >= 0.3 is 0 Å². The second kappa shape index (κ2) is 6.99. The van der Waals surface area contributed by atoms with Crippen molar-refractivity contribution in [3.63, 3.8) is 0 Å². The molecule has 0 spiro atoms. The number of Topliss-reactive ketones (excluding diaryl/α,β-unsaturated/α-hetero) is 1. The highest BCUT2D eigenvalue weighted by Crippen LogP contribution is 2.48. The first-order valence-electron chi connectivity index (χ1n) is 10.0. The van der Waals surface area contributed by atoms with Gasteiger partial charge in [-0.05, 0) is 56.0 Å². The summed E-state index contributed by atoms with van der Waals surface area (Å²) in [6.45, 7) is 1.88. The van der Waals surface area contributed by atoms with E-state index in [1.165, 1.54) is 0 Å². The van der Waals surface area contributed by atoms with E-state index in [0.29, 0.717) is 16.4 Å². The van der Waals surface area contributed by atoms with Crippen LogP contribution in [0.5, 0.6) is 0 Å². The van der Waals surface area contributed by atoms with E-state index in [1.54, 1.807) is 23.1 Å². The van der Waals surface area contributed by atoms with Crippen LogP contribution in [0.3, 0.4) is 0 Å². The summed E-state index contributed by atoms with van der Waals surface area (Å²) in [6, 6.07) is 12.3. The molecule has 3 aliphatic rings. The Morgan fingerprint density at radius 1 is 1.07 bits per heavy atom. The molecule has 6 heteroatoms. The summed E-state index contributed by atoms with van der Waals surface area (Å²) in [5.41, 5.74) is 2.09. The number of aryl methyl sites for hydroxylation is 1. The second-order valence-corrected chi connectivity index (χ2v) is 8.36. The van der Waals surface area contributed by atoms with Gasteiger partial charge in [0.15, 0.2) is 11.5 Å². The van der Waals surface area contributed by atoms with Gasteiger partial charge in [-0.2, -0.15) is 0 Å². The van der Waals surface area contributed by atoms with Gasteiger partial charge < -0.3 is 4.74 Å². The number of hydrogen-bond acceptors (Lipinski definition) is 4. The molecular weight excluding hydrogens is 388 g/mol. The van der Waals surface area contributed by atoms with Crippen LogP contribution in [-0.4, -0.2) is 22.8 Å². The fraction of sp³-hybridized carbons (Fsp3) is 0.348. The molecular formula is C23H21ClN2O3. The molecule has 0 radical (unpaired) electrons. The number of amides is 1. The molecule has 1 aromatic heterocycles. The summed E-state index contributed by atoms with van der Waals surface area (Å²) in [5.74, 6) is 0.287. The number of rotatable bonds is 2. The van der Waals surface area contributed by atoms with Crippen molar-refractivity contribution >= 4 is 29.1 Å². The zero-order chi connectivity index (χ0) is 20.1. The van der Waals surface area contributed by atoms with Crippen molar-refractivity contribution in [3.05, 3.63) is 70.1 Å². The number of carbonyl (C=O) groups is 2. The fourth-order valence-corrected chi connectivity index (χ4v) is 4.83. The Balaban J connectivity index is 1.66. The number of carbonyl (C=O) groups excluding carboxylic acids is 2. The van der Waals surface area contributed by atoms with Crippen LogP contribution in [0.2, 0.25) is 5.02 Å². The monoisotopic (exact) mass is 408 g/mol. The van der Waals surface area contributed by atoms with Crippen LogP contribution in [-0.2, 0) is 14.3 Å². The molecule has 1 saturated carbocycles. The highest BCUT2D eigenvalue weighted by Gasteiger charge is 2.52. The number of benzene rings is 1. The maximum atomic E-state index is 13.5. The lowest BCUT2D eigenvalue weighted by Crippen LogP contribution is -2.39. The molecule has 3 heterocycles. The summed E-state index contributed by atoms with van der Waals surface area (Å²) in [5, 5.41) is 0.603. The number of fused-ring (bicyclic) bond motifs is 1. The van der Waals surface area contributed by atoms with Crippen molar-refractivity contribution in [3.8, 4) is 0 Å². The van der Waals surface area contributed by atoms with E-state index in [0.717, 1.165) is 36.9 Å². The van der Waals surface area contributed by atoms with E-state index < -0.39 is 6.04 Å². The molecule has 0 bridgehead atoms. The number of nitrogens with zero attached hydrogens (tertiary/aromatic N) is 2. The van der Waals surface area contributed by atoms with Gasteiger partial charge in [0.05, 0.1) is 17.5 Å². The largest absolute Gasteiger partial charge is 0.483 e. The third-order valence-corrected chi connectivity index (χ3v) is 6.32. The number of ether oxygens (including phenoxy) is 1. The van der Waals surface area contributed by atoms with Crippen LogP contribution in [0.15, 0.2) is 53.8 Å². The van der Waals surface area contributed by atoms with E-state index >= 15 is 0 Å². The first kappa shape index (κ1) is 18.4. The van der Waals surface area contributed by atoms with Crippen LogP contribution < -0.4 is 4.90 Å². The molecule has 5 rings (SSSR count). The zero-order valence-corrected chi connectivity index (χ0v) is 16.9. The van der Waals surface area contributed by atoms with Crippen molar-refractivity contribution in [1.82, 2.24) is 4.98 Å². The molecule has 148 valence electrons. The Kier molecular flexibility index (Phi) is 4.43. The topological polar surface area (TPSA) is 59.5 Å². The smallest absolute Gasteiger partial charge is 0.295 e. The summed E-state index contributed by atoms with van der Waals surface area (Å²) in [6.07, 6.45) is 3.46. The number of aromatic nitrogens is 1. The lowest BCUT2D eigenvalue weighted by atomic mass is 9.77. The Morgan fingerprint density at radius 3 is 2.59 bits per heavy atom. The Hall–Kier alpha value is -2.66. The molecule has 2 aliphatic heterocycles. The number of pyridine rings is 1. The van der Waals surface area contributed by atoms with Crippen molar-refractivity contribution in [2.75, 3.05) is 4.90 Å². The van der Waals surface area contributed by atoms with Crippen molar-refractivity contribution in [2.45, 2.75) is 44.8 Å². The molecule has 2 aromatic rings. The average Bonchev–Trinajstić information content (AvgIpc) is 3.02. The Bertz CT molecular complexity index is 1030. The molecule has 29 heavy (non-hydrogen) atoms. The highest BCUT2D eigenvalue weighted by atomic mass is 35.5. The molecule has 3 unspecified atom stereocenters. The number of hydrogen-bond donors (Lipinski definition) is 0. The quantitative estimate of drug-likeness (QED) is 0.731. The molecule has 1 aromatic carbocycles. The summed E-state index contributed by atoms with van der Waals surface area (Å²) >= 11 is 6.08. The number of halogens is 1. The maximum absolute atomic E-state index is 13.5. The van der Waals surface area contributed by atoms with Gasteiger partial charge in [-0.3, -0.25) is 14.5 Å². The normalized spacial score (nSPS) is 26.3. The summed E-state index contributed by atoms with van der Waals surface area (Å²) < 4.78 is 6.17. The average molecular weight is 409 g/mol. The van der Waals surface area contributed by atoms with Crippen molar-refractivity contribution in [1.29, 1.82) is 0 Å². The van der Waals surface area contributed by atoms with E-state index in [1.807, 2.05) is 31.2 Å². The number of ketones is 1. The Labute approximate surface area is 174 Å². The summed E-state index contributed by atoms with van der Waals surface area (Å²) in [7, 11) is 0. The third-order valence-electron chi connectivity index (χ3n) is 6.07. The third kappa shape index (κ3) is 2.96. The molecule has 0 saturated heterocycles. The van der Waals surface area contributed by atoms with Gasteiger partial charge in [0, 0.05) is 10.7 Å². The minimum Gasteiger partial charge on any atom is -0.483 e.